The van der Waals surface area contributed by atoms with Crippen molar-refractivity contribution in [2.45, 2.75) is 16.7 Å². The van der Waals surface area contributed by atoms with E-state index in [1.54, 1.807) is 35.2 Å². The molecule has 1 aromatic heterocycles. The van der Waals surface area contributed by atoms with Crippen LogP contribution in [-0.2, 0) is 10.5 Å². The number of thiophene rings is 1. The third-order valence-corrected chi connectivity index (χ3v) is 7.18. The molecule has 4 rings (SSSR count). The zero-order valence-corrected chi connectivity index (χ0v) is 18.8. The molecule has 0 radical (unpaired) electrons. The maximum Gasteiger partial charge on any atom is 0.252 e. The molecule has 3 aromatic rings. The van der Waals surface area contributed by atoms with E-state index in [9.17, 15) is 9.18 Å². The fourth-order valence-corrected chi connectivity index (χ4v) is 5.40. The molecule has 0 bridgehead atoms. The average Bonchev–Trinajstić information content (AvgIpc) is 3.33. The van der Waals surface area contributed by atoms with E-state index in [1.807, 2.05) is 24.3 Å². The highest BCUT2D eigenvalue weighted by Gasteiger charge is 2.24. The van der Waals surface area contributed by atoms with Gasteiger partial charge in [0.15, 0.2) is 0 Å². The zero-order valence-electron chi connectivity index (χ0n) is 17.1. The summed E-state index contributed by atoms with van der Waals surface area (Å²) in [6, 6.07) is 16.3. The molecule has 7 heteroatoms. The molecular formula is C24H25FN2O2S2. The van der Waals surface area contributed by atoms with Crippen molar-refractivity contribution < 1.29 is 13.9 Å². The van der Waals surface area contributed by atoms with Gasteiger partial charge in [-0.3, -0.25) is 9.69 Å². The lowest BCUT2D eigenvalue weighted by atomic mass is 10.0. The molecule has 162 valence electrons. The van der Waals surface area contributed by atoms with E-state index in [4.69, 9.17) is 4.74 Å². The number of rotatable bonds is 8. The van der Waals surface area contributed by atoms with Crippen LogP contribution in [0.2, 0.25) is 0 Å². The average molecular weight is 457 g/mol. The molecule has 0 aliphatic carbocycles. The van der Waals surface area contributed by atoms with Crippen LogP contribution in [0.5, 0.6) is 0 Å². The molecular weight excluding hydrogens is 431 g/mol. The first kappa shape index (κ1) is 22.0. The predicted molar refractivity (Wildman–Crippen MR) is 124 cm³/mol. The van der Waals surface area contributed by atoms with E-state index in [0.717, 1.165) is 29.3 Å². The summed E-state index contributed by atoms with van der Waals surface area (Å²) >= 11 is 3.35. The number of nitrogens with zero attached hydrogens (tertiary/aromatic N) is 1. The summed E-state index contributed by atoms with van der Waals surface area (Å²) in [6.07, 6.45) is 0. The van der Waals surface area contributed by atoms with Gasteiger partial charge in [0, 0.05) is 30.3 Å². The molecule has 1 aliphatic heterocycles. The minimum Gasteiger partial charge on any atom is -0.379 e. The van der Waals surface area contributed by atoms with Gasteiger partial charge in [0.2, 0.25) is 0 Å². The van der Waals surface area contributed by atoms with Crippen LogP contribution in [0, 0.1) is 5.82 Å². The smallest absolute Gasteiger partial charge is 0.252 e. The quantitative estimate of drug-likeness (QED) is 0.485. The Morgan fingerprint density at radius 1 is 1.13 bits per heavy atom. The largest absolute Gasteiger partial charge is 0.379 e. The monoisotopic (exact) mass is 456 g/mol. The summed E-state index contributed by atoms with van der Waals surface area (Å²) in [5, 5.41) is 7.31. The van der Waals surface area contributed by atoms with Crippen molar-refractivity contribution >= 4 is 29.0 Å². The maximum atomic E-state index is 13.4. The van der Waals surface area contributed by atoms with Gasteiger partial charge in [-0.25, -0.2) is 4.39 Å². The lowest BCUT2D eigenvalue weighted by molar-refractivity contribution is 0.0162. The van der Waals surface area contributed by atoms with Gasteiger partial charge in [0.1, 0.15) is 5.82 Å². The van der Waals surface area contributed by atoms with Crippen molar-refractivity contribution in [2.24, 2.45) is 0 Å². The van der Waals surface area contributed by atoms with Crippen LogP contribution in [-0.4, -0.2) is 43.7 Å². The van der Waals surface area contributed by atoms with Crippen LogP contribution in [0.1, 0.15) is 27.5 Å². The van der Waals surface area contributed by atoms with E-state index in [0.29, 0.717) is 25.3 Å². The van der Waals surface area contributed by atoms with Crippen LogP contribution < -0.4 is 5.32 Å². The number of hydrogen-bond acceptors (Lipinski definition) is 5. The first-order valence-electron chi connectivity index (χ1n) is 10.3. The Kier molecular flexibility index (Phi) is 7.75. The summed E-state index contributed by atoms with van der Waals surface area (Å²) in [5.41, 5.74) is 2.93. The molecule has 4 nitrogen and oxygen atoms in total. The Morgan fingerprint density at radius 3 is 2.65 bits per heavy atom. The Balaban J connectivity index is 1.45. The molecule has 0 saturated carbocycles. The molecule has 31 heavy (non-hydrogen) atoms. The topological polar surface area (TPSA) is 41.6 Å². The van der Waals surface area contributed by atoms with Crippen LogP contribution in [0.25, 0.3) is 0 Å². The van der Waals surface area contributed by atoms with Crippen LogP contribution in [0.15, 0.2) is 70.3 Å². The molecule has 1 aliphatic rings. The van der Waals surface area contributed by atoms with Crippen molar-refractivity contribution in [2.75, 3.05) is 32.8 Å². The highest BCUT2D eigenvalue weighted by molar-refractivity contribution is 7.98. The lowest BCUT2D eigenvalue weighted by Gasteiger charge is -2.35. The lowest BCUT2D eigenvalue weighted by Crippen LogP contribution is -2.43. The number of carbonyl (C=O) groups is 1. The summed E-state index contributed by atoms with van der Waals surface area (Å²) in [6.45, 7) is 3.34. The van der Waals surface area contributed by atoms with E-state index < -0.39 is 0 Å². The molecule has 1 unspecified atom stereocenters. The SMILES string of the molecule is O=C(NCC(c1ccc(F)cc1)N1CCOCC1)c1ccccc1SCc1ccsc1. The highest BCUT2D eigenvalue weighted by Crippen LogP contribution is 2.27. The third kappa shape index (κ3) is 5.95. The third-order valence-electron chi connectivity index (χ3n) is 5.30. The van der Waals surface area contributed by atoms with Crippen LogP contribution >= 0.6 is 23.1 Å². The van der Waals surface area contributed by atoms with E-state index in [-0.39, 0.29) is 17.8 Å². The number of thioether (sulfide) groups is 1. The van der Waals surface area contributed by atoms with E-state index in [1.165, 1.54) is 17.7 Å². The van der Waals surface area contributed by atoms with Gasteiger partial charge < -0.3 is 10.1 Å². The Bertz CT molecular complexity index is 974. The van der Waals surface area contributed by atoms with Crippen molar-refractivity contribution in [1.82, 2.24) is 10.2 Å². The molecule has 1 atom stereocenters. The molecule has 2 heterocycles. The van der Waals surface area contributed by atoms with E-state index >= 15 is 0 Å². The maximum absolute atomic E-state index is 13.4. The van der Waals surface area contributed by atoms with E-state index in [2.05, 4.69) is 27.0 Å². The van der Waals surface area contributed by atoms with Gasteiger partial charge in [0.25, 0.3) is 5.91 Å². The Hall–Kier alpha value is -2.19. The fourth-order valence-electron chi connectivity index (χ4n) is 3.63. The van der Waals surface area contributed by atoms with Crippen molar-refractivity contribution in [3.8, 4) is 0 Å². The number of benzene rings is 2. The van der Waals surface area contributed by atoms with Gasteiger partial charge in [-0.2, -0.15) is 11.3 Å². The molecule has 1 N–H and O–H groups in total. The number of hydrogen-bond donors (Lipinski definition) is 1. The minimum atomic E-state index is -0.259. The highest BCUT2D eigenvalue weighted by atomic mass is 32.2. The summed E-state index contributed by atoms with van der Waals surface area (Å²) in [4.78, 5) is 16.3. The second-order valence-corrected chi connectivity index (χ2v) is 9.14. The first-order valence-corrected chi connectivity index (χ1v) is 12.2. The van der Waals surface area contributed by atoms with Crippen LogP contribution in [0.4, 0.5) is 4.39 Å². The zero-order chi connectivity index (χ0) is 21.5. The Labute approximate surface area is 190 Å². The fraction of sp³-hybridized carbons (Fsp3) is 0.292. The van der Waals surface area contributed by atoms with Crippen molar-refractivity contribution in [3.05, 3.63) is 87.9 Å². The second kappa shape index (κ2) is 10.9. The summed E-state index contributed by atoms with van der Waals surface area (Å²) in [5.74, 6) is 0.485. The number of halogens is 1. The van der Waals surface area contributed by atoms with Crippen molar-refractivity contribution in [3.63, 3.8) is 0 Å². The molecule has 2 aromatic carbocycles. The number of amides is 1. The second-order valence-electron chi connectivity index (χ2n) is 7.34. The number of carbonyl (C=O) groups excluding carboxylic acids is 1. The van der Waals surface area contributed by atoms with Gasteiger partial charge >= 0.3 is 0 Å². The van der Waals surface area contributed by atoms with Crippen LogP contribution in [0.3, 0.4) is 0 Å². The summed E-state index contributed by atoms with van der Waals surface area (Å²) < 4.78 is 18.9. The van der Waals surface area contributed by atoms with Gasteiger partial charge in [-0.05, 0) is 52.2 Å². The Morgan fingerprint density at radius 2 is 1.90 bits per heavy atom. The standard InChI is InChI=1S/C24H25FN2O2S2/c25-20-7-5-19(6-8-20)22(27-10-12-29-13-11-27)15-26-24(28)21-3-1-2-4-23(21)31-17-18-9-14-30-16-18/h1-9,14,16,22H,10-13,15,17H2,(H,26,28). The number of nitrogens with one attached hydrogen (secondary N) is 1. The predicted octanol–water partition coefficient (Wildman–Crippen LogP) is 4.98. The van der Waals surface area contributed by atoms with Gasteiger partial charge in [-0.15, -0.1) is 11.8 Å². The normalized spacial score (nSPS) is 15.5. The number of ether oxygens (including phenoxy) is 1. The first-order chi connectivity index (χ1) is 15.2. The number of morpholine rings is 1. The molecule has 1 saturated heterocycles. The van der Waals surface area contributed by atoms with Gasteiger partial charge in [-0.1, -0.05) is 24.3 Å². The molecule has 1 amide bonds. The van der Waals surface area contributed by atoms with Gasteiger partial charge in [0.05, 0.1) is 24.8 Å². The molecule has 0 spiro atoms. The van der Waals surface area contributed by atoms with Crippen molar-refractivity contribution in [1.29, 1.82) is 0 Å². The summed E-state index contributed by atoms with van der Waals surface area (Å²) in [7, 11) is 0. The minimum absolute atomic E-state index is 0.0286. The molecule has 1 fully saturated rings.